The van der Waals surface area contributed by atoms with Gasteiger partial charge in [-0.2, -0.15) is 0 Å². The van der Waals surface area contributed by atoms with Crippen molar-refractivity contribution in [2.24, 2.45) is 0 Å². The van der Waals surface area contributed by atoms with E-state index in [0.717, 1.165) is 0 Å². The zero-order valence-electron chi connectivity index (χ0n) is 12.2. The third kappa shape index (κ3) is 4.97. The maximum absolute atomic E-state index is 12.2. The second-order valence-electron chi connectivity index (χ2n) is 4.50. The van der Waals surface area contributed by atoms with Crippen molar-refractivity contribution in [1.82, 2.24) is 0 Å². The Morgan fingerprint density at radius 3 is 2.30 bits per heavy atom. The SMILES string of the molecule is CCOC(=O)Nc1ccc(NC(=O)c2cc(Cl)ccc2Br)cc1. The summed E-state index contributed by atoms with van der Waals surface area (Å²) in [4.78, 5) is 23.6. The van der Waals surface area contributed by atoms with Gasteiger partial charge in [-0.25, -0.2) is 4.79 Å². The van der Waals surface area contributed by atoms with Gasteiger partial charge in [-0.1, -0.05) is 11.6 Å². The first-order valence-electron chi connectivity index (χ1n) is 6.80. The molecular formula is C16H14BrClN2O3. The van der Waals surface area contributed by atoms with Crippen LogP contribution < -0.4 is 10.6 Å². The van der Waals surface area contributed by atoms with Crippen LogP contribution >= 0.6 is 27.5 Å². The van der Waals surface area contributed by atoms with Crippen LogP contribution in [0.1, 0.15) is 17.3 Å². The predicted molar refractivity (Wildman–Crippen MR) is 94.2 cm³/mol. The molecule has 7 heteroatoms. The van der Waals surface area contributed by atoms with Crippen molar-refractivity contribution in [2.45, 2.75) is 6.92 Å². The van der Waals surface area contributed by atoms with E-state index in [1.807, 2.05) is 0 Å². The summed E-state index contributed by atoms with van der Waals surface area (Å²) in [5.41, 5.74) is 1.60. The molecule has 0 spiro atoms. The topological polar surface area (TPSA) is 67.4 Å². The maximum atomic E-state index is 12.2. The van der Waals surface area contributed by atoms with E-state index in [4.69, 9.17) is 16.3 Å². The van der Waals surface area contributed by atoms with Crippen molar-refractivity contribution in [3.63, 3.8) is 0 Å². The van der Waals surface area contributed by atoms with Crippen LogP contribution in [-0.4, -0.2) is 18.6 Å². The number of carbonyl (C=O) groups excluding carboxylic acids is 2. The number of rotatable bonds is 4. The van der Waals surface area contributed by atoms with E-state index in [-0.39, 0.29) is 5.91 Å². The number of amides is 2. The van der Waals surface area contributed by atoms with Crippen molar-refractivity contribution in [3.05, 3.63) is 57.5 Å². The van der Waals surface area contributed by atoms with Gasteiger partial charge in [0, 0.05) is 20.9 Å². The normalized spacial score (nSPS) is 10.0. The summed E-state index contributed by atoms with van der Waals surface area (Å²) in [6.45, 7) is 2.03. The summed E-state index contributed by atoms with van der Waals surface area (Å²) in [5, 5.41) is 5.81. The van der Waals surface area contributed by atoms with E-state index in [1.165, 1.54) is 0 Å². The third-order valence-electron chi connectivity index (χ3n) is 2.84. The van der Waals surface area contributed by atoms with Crippen molar-refractivity contribution in [2.75, 3.05) is 17.2 Å². The Hall–Kier alpha value is -2.05. The van der Waals surface area contributed by atoms with Gasteiger partial charge in [0.1, 0.15) is 0 Å². The lowest BCUT2D eigenvalue weighted by atomic mass is 10.2. The molecule has 0 aliphatic carbocycles. The first kappa shape index (κ1) is 17.3. The highest BCUT2D eigenvalue weighted by Gasteiger charge is 2.11. The summed E-state index contributed by atoms with van der Waals surface area (Å²) in [6.07, 6.45) is -0.521. The molecule has 0 radical (unpaired) electrons. The van der Waals surface area contributed by atoms with Crippen molar-refractivity contribution in [3.8, 4) is 0 Å². The van der Waals surface area contributed by atoms with Crippen molar-refractivity contribution >= 4 is 50.9 Å². The Morgan fingerprint density at radius 2 is 1.70 bits per heavy atom. The van der Waals surface area contributed by atoms with E-state index in [2.05, 4.69) is 26.6 Å². The summed E-state index contributed by atoms with van der Waals surface area (Å²) >= 11 is 9.22. The van der Waals surface area contributed by atoms with Gasteiger partial charge in [0.25, 0.3) is 5.91 Å². The van der Waals surface area contributed by atoms with Gasteiger partial charge in [-0.05, 0) is 65.3 Å². The second kappa shape index (κ2) is 7.99. The number of anilines is 2. The van der Waals surface area contributed by atoms with Gasteiger partial charge in [0.05, 0.1) is 12.2 Å². The molecule has 2 N–H and O–H groups in total. The number of halogens is 2. The Kier molecular flexibility index (Phi) is 6.01. The molecule has 0 aromatic heterocycles. The van der Waals surface area contributed by atoms with Gasteiger partial charge in [-0.3, -0.25) is 10.1 Å². The number of benzene rings is 2. The minimum Gasteiger partial charge on any atom is -0.450 e. The van der Waals surface area contributed by atoms with E-state index in [1.54, 1.807) is 49.4 Å². The lowest BCUT2D eigenvalue weighted by Gasteiger charge is -2.09. The molecule has 0 saturated carbocycles. The van der Waals surface area contributed by atoms with Crippen molar-refractivity contribution in [1.29, 1.82) is 0 Å². The quantitative estimate of drug-likeness (QED) is 0.769. The molecular weight excluding hydrogens is 384 g/mol. The van der Waals surface area contributed by atoms with Gasteiger partial charge in [0.2, 0.25) is 0 Å². The lowest BCUT2D eigenvalue weighted by Crippen LogP contribution is -2.14. The number of hydrogen-bond acceptors (Lipinski definition) is 3. The molecule has 0 saturated heterocycles. The molecule has 0 atom stereocenters. The fraction of sp³-hybridized carbons (Fsp3) is 0.125. The first-order chi connectivity index (χ1) is 11.0. The van der Waals surface area contributed by atoms with Crippen LogP contribution in [-0.2, 0) is 4.74 Å². The molecule has 2 aromatic carbocycles. The first-order valence-corrected chi connectivity index (χ1v) is 7.97. The molecule has 5 nitrogen and oxygen atoms in total. The molecule has 0 fully saturated rings. The highest BCUT2D eigenvalue weighted by molar-refractivity contribution is 9.10. The lowest BCUT2D eigenvalue weighted by molar-refractivity contribution is 0.102. The van der Waals surface area contributed by atoms with Crippen LogP contribution in [0.4, 0.5) is 16.2 Å². The molecule has 0 unspecified atom stereocenters. The summed E-state index contributed by atoms with van der Waals surface area (Å²) in [5.74, 6) is -0.287. The molecule has 0 heterocycles. The fourth-order valence-corrected chi connectivity index (χ4v) is 2.39. The molecule has 2 amide bonds. The van der Waals surface area contributed by atoms with E-state index in [9.17, 15) is 9.59 Å². The monoisotopic (exact) mass is 396 g/mol. The summed E-state index contributed by atoms with van der Waals surface area (Å²) < 4.78 is 5.44. The van der Waals surface area contributed by atoms with Gasteiger partial charge < -0.3 is 10.1 Å². The van der Waals surface area contributed by atoms with Crippen LogP contribution in [0.3, 0.4) is 0 Å². The van der Waals surface area contributed by atoms with E-state index in [0.29, 0.717) is 33.0 Å². The largest absolute Gasteiger partial charge is 0.450 e. The summed E-state index contributed by atoms with van der Waals surface area (Å²) in [6, 6.07) is 11.7. The van der Waals surface area contributed by atoms with Crippen LogP contribution in [0.25, 0.3) is 0 Å². The van der Waals surface area contributed by atoms with Crippen LogP contribution in [0.15, 0.2) is 46.9 Å². The Labute approximate surface area is 147 Å². The van der Waals surface area contributed by atoms with Crippen molar-refractivity contribution < 1.29 is 14.3 Å². The average Bonchev–Trinajstić information content (AvgIpc) is 2.52. The predicted octanol–water partition coefficient (Wildman–Crippen LogP) is 4.92. The molecule has 120 valence electrons. The second-order valence-corrected chi connectivity index (χ2v) is 5.79. The number of carbonyl (C=O) groups is 2. The molecule has 2 aromatic rings. The minimum absolute atomic E-state index is 0.287. The Balaban J connectivity index is 2.04. The Bertz CT molecular complexity index is 720. The molecule has 2 rings (SSSR count). The van der Waals surface area contributed by atoms with E-state index < -0.39 is 6.09 Å². The summed E-state index contributed by atoms with van der Waals surface area (Å²) in [7, 11) is 0. The Morgan fingerprint density at radius 1 is 1.09 bits per heavy atom. The molecule has 0 aliphatic heterocycles. The third-order valence-corrected chi connectivity index (χ3v) is 3.76. The zero-order chi connectivity index (χ0) is 16.8. The van der Waals surface area contributed by atoms with Crippen LogP contribution in [0.2, 0.25) is 5.02 Å². The number of ether oxygens (including phenoxy) is 1. The van der Waals surface area contributed by atoms with Gasteiger partial charge in [-0.15, -0.1) is 0 Å². The minimum atomic E-state index is -0.521. The average molecular weight is 398 g/mol. The smallest absolute Gasteiger partial charge is 0.411 e. The molecule has 23 heavy (non-hydrogen) atoms. The van der Waals surface area contributed by atoms with E-state index >= 15 is 0 Å². The van der Waals surface area contributed by atoms with Crippen LogP contribution in [0.5, 0.6) is 0 Å². The number of nitrogens with one attached hydrogen (secondary N) is 2. The molecule has 0 aliphatic rings. The standard InChI is InChI=1S/C16H14BrClN2O3/c1-2-23-16(22)20-12-6-4-11(5-7-12)19-15(21)13-9-10(18)3-8-14(13)17/h3-9H,2H2,1H3,(H,19,21)(H,20,22). The maximum Gasteiger partial charge on any atom is 0.411 e. The van der Waals surface area contributed by atoms with Crippen LogP contribution in [0, 0.1) is 0 Å². The zero-order valence-corrected chi connectivity index (χ0v) is 14.6. The number of hydrogen-bond donors (Lipinski definition) is 2. The molecule has 0 bridgehead atoms. The van der Waals surface area contributed by atoms with Gasteiger partial charge in [0.15, 0.2) is 0 Å². The highest BCUT2D eigenvalue weighted by Crippen LogP contribution is 2.22. The highest BCUT2D eigenvalue weighted by atomic mass is 79.9. The fourth-order valence-electron chi connectivity index (χ4n) is 1.79. The van der Waals surface area contributed by atoms with Gasteiger partial charge >= 0.3 is 6.09 Å².